The van der Waals surface area contributed by atoms with Crippen LogP contribution in [0.4, 0.5) is 4.79 Å². The van der Waals surface area contributed by atoms with Crippen molar-refractivity contribution in [2.45, 2.75) is 32.4 Å². The van der Waals surface area contributed by atoms with Gasteiger partial charge in [-0.1, -0.05) is 11.6 Å². The van der Waals surface area contributed by atoms with Crippen molar-refractivity contribution < 1.29 is 14.6 Å². The first kappa shape index (κ1) is 14.7. The molecule has 1 atom stereocenters. The van der Waals surface area contributed by atoms with Crippen LogP contribution in [-0.2, 0) is 4.74 Å². The van der Waals surface area contributed by atoms with Gasteiger partial charge in [0.2, 0.25) is 0 Å². The third-order valence-electron chi connectivity index (χ3n) is 1.89. The van der Waals surface area contributed by atoms with Gasteiger partial charge in [0.15, 0.2) is 0 Å². The molecule has 0 aliphatic heterocycles. The molecule has 7 heteroatoms. The molecule has 1 amide bonds. The minimum atomic E-state index is -0.680. The molecule has 18 heavy (non-hydrogen) atoms. The Bertz CT molecular complexity index is 420. The van der Waals surface area contributed by atoms with Crippen LogP contribution < -0.4 is 5.32 Å². The minimum Gasteiger partial charge on any atom is -0.444 e. The van der Waals surface area contributed by atoms with E-state index in [1.165, 1.54) is 12.4 Å². The number of hydrogen-bond acceptors (Lipinski definition) is 5. The number of hydrogen-bond donors (Lipinski definition) is 2. The highest BCUT2D eigenvalue weighted by Crippen LogP contribution is 2.14. The van der Waals surface area contributed by atoms with Crippen LogP contribution in [0.1, 0.15) is 32.5 Å². The van der Waals surface area contributed by atoms with Gasteiger partial charge in [-0.2, -0.15) is 0 Å². The molecule has 100 valence electrons. The lowest BCUT2D eigenvalue weighted by Crippen LogP contribution is -2.36. The third kappa shape index (κ3) is 4.85. The summed E-state index contributed by atoms with van der Waals surface area (Å²) < 4.78 is 5.08. The Kier molecular flexibility index (Phi) is 4.86. The Hall–Kier alpha value is -1.40. The van der Waals surface area contributed by atoms with Crippen molar-refractivity contribution in [1.82, 2.24) is 15.3 Å². The highest BCUT2D eigenvalue weighted by Gasteiger charge is 2.21. The zero-order valence-electron chi connectivity index (χ0n) is 10.5. The lowest BCUT2D eigenvalue weighted by atomic mass is 10.2. The summed E-state index contributed by atoms with van der Waals surface area (Å²) >= 11 is 5.71. The van der Waals surface area contributed by atoms with Crippen LogP contribution in [-0.4, -0.2) is 33.4 Å². The second kappa shape index (κ2) is 5.97. The summed E-state index contributed by atoms with van der Waals surface area (Å²) in [5, 5.41) is 12.0. The summed E-state index contributed by atoms with van der Waals surface area (Å²) in [4.78, 5) is 19.2. The van der Waals surface area contributed by atoms with Crippen LogP contribution in [0, 0.1) is 0 Å². The molecule has 0 saturated heterocycles. The molecule has 1 heterocycles. The molecule has 0 spiro atoms. The van der Waals surface area contributed by atoms with Gasteiger partial charge in [0.1, 0.15) is 17.1 Å². The van der Waals surface area contributed by atoms with Crippen LogP contribution >= 0.6 is 11.6 Å². The fourth-order valence-electron chi connectivity index (χ4n) is 1.20. The third-order valence-corrected chi connectivity index (χ3v) is 2.09. The molecular weight excluding hydrogens is 258 g/mol. The zero-order chi connectivity index (χ0) is 13.8. The number of carbonyl (C=O) groups excluding carboxylic acids is 1. The topological polar surface area (TPSA) is 84.3 Å². The van der Waals surface area contributed by atoms with Gasteiger partial charge in [-0.15, -0.1) is 0 Å². The Labute approximate surface area is 110 Å². The summed E-state index contributed by atoms with van der Waals surface area (Å²) in [7, 11) is 0. The van der Waals surface area contributed by atoms with Gasteiger partial charge >= 0.3 is 6.09 Å². The summed E-state index contributed by atoms with van der Waals surface area (Å²) in [5.41, 5.74) is -0.184. The number of aromatic nitrogens is 2. The Balaban J connectivity index is 2.71. The van der Waals surface area contributed by atoms with Crippen LogP contribution in [0.3, 0.4) is 0 Å². The zero-order valence-corrected chi connectivity index (χ0v) is 11.2. The number of nitrogens with zero attached hydrogens (tertiary/aromatic N) is 2. The van der Waals surface area contributed by atoms with Crippen molar-refractivity contribution in [3.63, 3.8) is 0 Å². The number of aliphatic hydroxyl groups is 1. The van der Waals surface area contributed by atoms with Crippen LogP contribution in [0.15, 0.2) is 12.4 Å². The van der Waals surface area contributed by atoms with Crippen molar-refractivity contribution >= 4 is 17.7 Å². The van der Waals surface area contributed by atoms with Gasteiger partial charge in [-0.25, -0.2) is 14.8 Å². The second-order valence-corrected chi connectivity index (χ2v) is 5.03. The maximum Gasteiger partial charge on any atom is 0.408 e. The molecule has 0 saturated carbocycles. The summed E-state index contributed by atoms with van der Waals surface area (Å²) in [6.07, 6.45) is 0.633. The first-order chi connectivity index (χ1) is 8.31. The smallest absolute Gasteiger partial charge is 0.408 e. The van der Waals surface area contributed by atoms with Crippen LogP contribution in [0.5, 0.6) is 0 Å². The second-order valence-electron chi connectivity index (χ2n) is 4.65. The lowest BCUT2D eigenvalue weighted by molar-refractivity contribution is 0.0480. The van der Waals surface area contributed by atoms with Gasteiger partial charge in [-0.05, 0) is 26.8 Å². The maximum atomic E-state index is 11.6. The predicted octanol–water partition coefficient (Wildman–Crippen LogP) is 1.69. The van der Waals surface area contributed by atoms with E-state index in [1.807, 2.05) is 0 Å². The van der Waals surface area contributed by atoms with Crippen molar-refractivity contribution in [1.29, 1.82) is 0 Å². The highest BCUT2D eigenvalue weighted by atomic mass is 35.5. The fraction of sp³-hybridized carbons (Fsp3) is 0.545. The average Bonchev–Trinajstić information content (AvgIpc) is 2.23. The van der Waals surface area contributed by atoms with Gasteiger partial charge < -0.3 is 15.2 Å². The Morgan fingerprint density at radius 1 is 1.56 bits per heavy atom. The number of alkyl carbamates (subject to hydrolysis) is 1. The van der Waals surface area contributed by atoms with Crippen molar-refractivity contribution in [2.75, 3.05) is 6.61 Å². The van der Waals surface area contributed by atoms with Crippen molar-refractivity contribution in [3.05, 3.63) is 23.2 Å². The molecule has 0 aliphatic carbocycles. The van der Waals surface area contributed by atoms with E-state index in [9.17, 15) is 9.90 Å². The van der Waals surface area contributed by atoms with Gasteiger partial charge in [-0.3, -0.25) is 0 Å². The molecule has 0 aromatic carbocycles. The molecule has 0 radical (unpaired) electrons. The van der Waals surface area contributed by atoms with Crippen molar-refractivity contribution in [2.24, 2.45) is 0 Å². The number of halogens is 1. The molecular formula is C11H16ClN3O3. The van der Waals surface area contributed by atoms with E-state index < -0.39 is 17.7 Å². The first-order valence-electron chi connectivity index (χ1n) is 5.39. The number of amides is 1. The largest absolute Gasteiger partial charge is 0.444 e. The van der Waals surface area contributed by atoms with Crippen LogP contribution in [0.25, 0.3) is 0 Å². The van der Waals surface area contributed by atoms with E-state index in [4.69, 9.17) is 16.3 Å². The summed E-state index contributed by atoms with van der Waals surface area (Å²) in [6.45, 7) is 4.94. The van der Waals surface area contributed by atoms with E-state index in [0.29, 0.717) is 5.69 Å². The highest BCUT2D eigenvalue weighted by molar-refractivity contribution is 6.29. The van der Waals surface area contributed by atoms with E-state index in [1.54, 1.807) is 20.8 Å². The fourth-order valence-corrected chi connectivity index (χ4v) is 1.36. The van der Waals surface area contributed by atoms with Crippen molar-refractivity contribution in [3.8, 4) is 0 Å². The molecule has 2 N–H and O–H groups in total. The number of aliphatic hydroxyl groups excluding tert-OH is 1. The van der Waals surface area contributed by atoms with E-state index in [0.717, 1.165) is 0 Å². The number of rotatable bonds is 3. The minimum absolute atomic E-state index is 0.240. The van der Waals surface area contributed by atoms with E-state index in [-0.39, 0.29) is 11.8 Å². The summed E-state index contributed by atoms with van der Waals surface area (Å²) in [5.74, 6) is 0. The van der Waals surface area contributed by atoms with E-state index in [2.05, 4.69) is 15.3 Å². The molecule has 0 aliphatic rings. The molecule has 1 aromatic rings. The predicted molar refractivity (Wildman–Crippen MR) is 66.2 cm³/mol. The van der Waals surface area contributed by atoms with E-state index >= 15 is 0 Å². The standard InChI is InChI=1S/C11H16ClN3O3/c1-11(2,3)18-10(17)15-8(5-16)7-4-9(12)14-6-13-7/h4,6,8,16H,5H2,1-3H3,(H,15,17). The van der Waals surface area contributed by atoms with Gasteiger partial charge in [0.25, 0.3) is 0 Å². The number of nitrogens with one attached hydrogen (secondary N) is 1. The Morgan fingerprint density at radius 3 is 2.72 bits per heavy atom. The van der Waals surface area contributed by atoms with Crippen LogP contribution in [0.2, 0.25) is 5.15 Å². The maximum absolute atomic E-state index is 11.6. The molecule has 0 bridgehead atoms. The summed E-state index contributed by atoms with van der Waals surface area (Å²) in [6, 6.07) is 0.792. The number of carbonyl (C=O) groups is 1. The average molecular weight is 274 g/mol. The van der Waals surface area contributed by atoms with Gasteiger partial charge in [0, 0.05) is 0 Å². The Morgan fingerprint density at radius 2 is 2.22 bits per heavy atom. The molecule has 1 rings (SSSR count). The first-order valence-corrected chi connectivity index (χ1v) is 5.77. The molecule has 1 unspecified atom stereocenters. The molecule has 1 aromatic heterocycles. The quantitative estimate of drug-likeness (QED) is 0.819. The normalized spacial score (nSPS) is 12.9. The molecule has 6 nitrogen and oxygen atoms in total. The SMILES string of the molecule is CC(C)(C)OC(=O)NC(CO)c1cc(Cl)ncn1. The van der Waals surface area contributed by atoms with Gasteiger partial charge in [0.05, 0.1) is 18.3 Å². The number of ether oxygens (including phenoxy) is 1. The monoisotopic (exact) mass is 273 g/mol. The molecule has 0 fully saturated rings. The lowest BCUT2D eigenvalue weighted by Gasteiger charge is -2.22.